The molecule has 0 fully saturated rings. The zero-order chi connectivity index (χ0) is 15.6. The van der Waals surface area contributed by atoms with Crippen molar-refractivity contribution in [3.8, 4) is 17.6 Å². The molecule has 6 heteroatoms. The van der Waals surface area contributed by atoms with Gasteiger partial charge in [-0.2, -0.15) is 18.4 Å². The van der Waals surface area contributed by atoms with Gasteiger partial charge >= 0.3 is 6.18 Å². The van der Waals surface area contributed by atoms with E-state index in [4.69, 9.17) is 10.00 Å². The molecule has 0 spiro atoms. The number of aryl methyl sites for hydroxylation is 1. The van der Waals surface area contributed by atoms with Gasteiger partial charge in [-0.3, -0.25) is 0 Å². The van der Waals surface area contributed by atoms with Crippen LogP contribution in [0.15, 0.2) is 40.9 Å². The lowest BCUT2D eigenvalue weighted by atomic mass is 10.1. The summed E-state index contributed by atoms with van der Waals surface area (Å²) in [5.41, 5.74) is -0.428. The van der Waals surface area contributed by atoms with Crippen LogP contribution in [0.1, 0.15) is 16.7 Å². The molecule has 21 heavy (non-hydrogen) atoms. The molecule has 0 unspecified atom stereocenters. The summed E-state index contributed by atoms with van der Waals surface area (Å²) < 4.78 is 44.3. The van der Waals surface area contributed by atoms with Crippen molar-refractivity contribution in [2.75, 3.05) is 0 Å². The maximum absolute atomic E-state index is 12.7. The van der Waals surface area contributed by atoms with Crippen LogP contribution in [0.4, 0.5) is 13.2 Å². The van der Waals surface area contributed by atoms with Crippen LogP contribution in [-0.4, -0.2) is 0 Å². The van der Waals surface area contributed by atoms with Crippen molar-refractivity contribution in [1.82, 2.24) is 0 Å². The molecule has 0 amide bonds. The van der Waals surface area contributed by atoms with Crippen molar-refractivity contribution in [2.24, 2.45) is 0 Å². The lowest BCUT2D eigenvalue weighted by Gasteiger charge is -2.12. The highest BCUT2D eigenvalue weighted by molar-refractivity contribution is 9.10. The average Bonchev–Trinajstić information content (AvgIpc) is 2.40. The van der Waals surface area contributed by atoms with E-state index >= 15 is 0 Å². The molecule has 2 rings (SSSR count). The first-order valence-corrected chi connectivity index (χ1v) is 6.66. The van der Waals surface area contributed by atoms with E-state index < -0.39 is 17.3 Å². The Kier molecular flexibility index (Phi) is 4.24. The van der Waals surface area contributed by atoms with E-state index in [1.807, 2.05) is 19.1 Å². The largest absolute Gasteiger partial charge is 0.456 e. The fourth-order valence-electron chi connectivity index (χ4n) is 1.74. The zero-order valence-corrected chi connectivity index (χ0v) is 12.4. The standard InChI is InChI=1S/C15H9BrF3NO/c1-9-2-5-14(13(16)6-9)21-11-3-4-12(15(17,18)19)10(7-11)8-20/h2-7H,1H3. The smallest absolute Gasteiger partial charge is 0.417 e. The van der Waals surface area contributed by atoms with Crippen molar-refractivity contribution in [3.05, 3.63) is 57.6 Å². The second-order valence-electron chi connectivity index (χ2n) is 4.35. The summed E-state index contributed by atoms with van der Waals surface area (Å²) in [4.78, 5) is 0. The van der Waals surface area contributed by atoms with Crippen LogP contribution in [0.5, 0.6) is 11.5 Å². The molecule has 0 saturated carbocycles. The van der Waals surface area contributed by atoms with Gasteiger partial charge in [-0.05, 0) is 58.7 Å². The van der Waals surface area contributed by atoms with Gasteiger partial charge in [-0.1, -0.05) is 6.07 Å². The summed E-state index contributed by atoms with van der Waals surface area (Å²) in [5.74, 6) is 0.633. The molecule has 0 aromatic heterocycles. The summed E-state index contributed by atoms with van der Waals surface area (Å²) in [6, 6.07) is 9.99. The van der Waals surface area contributed by atoms with Crippen molar-refractivity contribution >= 4 is 15.9 Å². The quantitative estimate of drug-likeness (QED) is 0.718. The molecule has 0 aliphatic heterocycles. The first-order valence-electron chi connectivity index (χ1n) is 5.86. The third kappa shape index (κ3) is 3.56. The van der Waals surface area contributed by atoms with Gasteiger partial charge in [-0.15, -0.1) is 0 Å². The maximum atomic E-state index is 12.7. The SMILES string of the molecule is Cc1ccc(Oc2ccc(C(F)(F)F)c(C#N)c2)c(Br)c1. The van der Waals surface area contributed by atoms with E-state index in [0.717, 1.165) is 17.7 Å². The van der Waals surface area contributed by atoms with Crippen LogP contribution in [0.25, 0.3) is 0 Å². The number of nitrogens with zero attached hydrogens (tertiary/aromatic N) is 1. The van der Waals surface area contributed by atoms with Crippen molar-refractivity contribution < 1.29 is 17.9 Å². The Balaban J connectivity index is 2.36. The summed E-state index contributed by atoms with van der Waals surface area (Å²) in [6.07, 6.45) is -4.56. The number of halogens is 4. The Morgan fingerprint density at radius 1 is 1.14 bits per heavy atom. The maximum Gasteiger partial charge on any atom is 0.417 e. The van der Waals surface area contributed by atoms with Crippen LogP contribution in [0, 0.1) is 18.3 Å². The molecule has 0 heterocycles. The molecule has 2 aromatic carbocycles. The fourth-order valence-corrected chi connectivity index (χ4v) is 2.32. The predicted molar refractivity (Wildman–Crippen MR) is 75.1 cm³/mol. The normalized spacial score (nSPS) is 11.0. The van der Waals surface area contributed by atoms with E-state index in [1.165, 1.54) is 6.07 Å². The minimum atomic E-state index is -4.56. The number of alkyl halides is 3. The molecule has 0 saturated heterocycles. The molecule has 0 aliphatic carbocycles. The van der Waals surface area contributed by atoms with E-state index in [-0.39, 0.29) is 5.75 Å². The molecule has 2 aromatic rings. The first kappa shape index (κ1) is 15.4. The molecule has 0 bridgehead atoms. The summed E-state index contributed by atoms with van der Waals surface area (Å²) in [5, 5.41) is 8.85. The fraction of sp³-hybridized carbons (Fsp3) is 0.133. The van der Waals surface area contributed by atoms with Gasteiger partial charge < -0.3 is 4.74 Å². The Labute approximate surface area is 127 Å². The minimum absolute atomic E-state index is 0.170. The molecule has 0 aliphatic rings. The van der Waals surface area contributed by atoms with Crippen LogP contribution < -0.4 is 4.74 Å². The van der Waals surface area contributed by atoms with Crippen molar-refractivity contribution in [3.63, 3.8) is 0 Å². The molecule has 0 N–H and O–H groups in total. The minimum Gasteiger partial charge on any atom is -0.456 e. The van der Waals surface area contributed by atoms with Crippen molar-refractivity contribution in [2.45, 2.75) is 13.1 Å². The number of hydrogen-bond donors (Lipinski definition) is 0. The van der Waals surface area contributed by atoms with Crippen LogP contribution in [0.2, 0.25) is 0 Å². The summed E-state index contributed by atoms with van der Waals surface area (Å²) in [7, 11) is 0. The second kappa shape index (κ2) is 5.78. The molecular formula is C15H9BrF3NO. The summed E-state index contributed by atoms with van der Waals surface area (Å²) in [6.45, 7) is 1.90. The topological polar surface area (TPSA) is 33.0 Å². The highest BCUT2D eigenvalue weighted by Gasteiger charge is 2.33. The van der Waals surface area contributed by atoms with Gasteiger partial charge in [-0.25, -0.2) is 0 Å². The third-order valence-corrected chi connectivity index (χ3v) is 3.35. The molecule has 0 atom stereocenters. The monoisotopic (exact) mass is 355 g/mol. The average molecular weight is 356 g/mol. The Hall–Kier alpha value is -2.00. The number of ether oxygens (including phenoxy) is 1. The van der Waals surface area contributed by atoms with Gasteiger partial charge in [0.25, 0.3) is 0 Å². The molecule has 108 valence electrons. The number of nitriles is 1. The molecular weight excluding hydrogens is 347 g/mol. The highest BCUT2D eigenvalue weighted by atomic mass is 79.9. The van der Waals surface area contributed by atoms with E-state index in [0.29, 0.717) is 10.2 Å². The van der Waals surface area contributed by atoms with Crippen LogP contribution in [0.3, 0.4) is 0 Å². The Morgan fingerprint density at radius 3 is 2.43 bits per heavy atom. The zero-order valence-electron chi connectivity index (χ0n) is 10.8. The van der Waals surface area contributed by atoms with Gasteiger partial charge in [0, 0.05) is 0 Å². The van der Waals surface area contributed by atoms with Crippen LogP contribution >= 0.6 is 15.9 Å². The Morgan fingerprint density at radius 2 is 1.86 bits per heavy atom. The van der Waals surface area contributed by atoms with Crippen LogP contribution in [-0.2, 0) is 6.18 Å². The van der Waals surface area contributed by atoms with E-state index in [2.05, 4.69) is 15.9 Å². The van der Waals surface area contributed by atoms with Gasteiger partial charge in [0.05, 0.1) is 21.7 Å². The lowest BCUT2D eigenvalue weighted by molar-refractivity contribution is -0.137. The number of hydrogen-bond acceptors (Lipinski definition) is 2. The van der Waals surface area contributed by atoms with E-state index in [9.17, 15) is 13.2 Å². The van der Waals surface area contributed by atoms with E-state index in [1.54, 1.807) is 12.1 Å². The van der Waals surface area contributed by atoms with Gasteiger partial charge in [0.15, 0.2) is 0 Å². The second-order valence-corrected chi connectivity index (χ2v) is 5.21. The molecule has 2 nitrogen and oxygen atoms in total. The van der Waals surface area contributed by atoms with Gasteiger partial charge in [0.2, 0.25) is 0 Å². The highest BCUT2D eigenvalue weighted by Crippen LogP contribution is 2.35. The number of benzene rings is 2. The third-order valence-electron chi connectivity index (χ3n) is 2.73. The lowest BCUT2D eigenvalue weighted by Crippen LogP contribution is -2.07. The predicted octanol–water partition coefficient (Wildman–Crippen LogP) is 5.44. The summed E-state index contributed by atoms with van der Waals surface area (Å²) >= 11 is 3.32. The number of rotatable bonds is 2. The Bertz CT molecular complexity index is 720. The van der Waals surface area contributed by atoms with Gasteiger partial charge in [0.1, 0.15) is 11.5 Å². The molecule has 0 radical (unpaired) electrons. The first-order chi connectivity index (χ1) is 9.81. The van der Waals surface area contributed by atoms with Crippen molar-refractivity contribution in [1.29, 1.82) is 5.26 Å².